The number of para-hydroxylation sites is 1. The number of benzene rings is 4. The Morgan fingerprint density at radius 2 is 1.56 bits per heavy atom. The summed E-state index contributed by atoms with van der Waals surface area (Å²) in [7, 11) is 0. The van der Waals surface area contributed by atoms with Crippen LogP contribution in [0.4, 0.5) is 5.69 Å². The lowest BCUT2D eigenvalue weighted by Gasteiger charge is -2.39. The van der Waals surface area contributed by atoms with Gasteiger partial charge in [0.2, 0.25) is 0 Å². The van der Waals surface area contributed by atoms with Crippen molar-refractivity contribution in [1.82, 2.24) is 4.90 Å². The molecular formula is C31H28N2O. The van der Waals surface area contributed by atoms with Crippen LogP contribution in [0.25, 0.3) is 21.5 Å². The molecule has 1 amide bonds. The summed E-state index contributed by atoms with van der Waals surface area (Å²) in [4.78, 5) is 15.6. The van der Waals surface area contributed by atoms with Crippen LogP contribution in [0.2, 0.25) is 0 Å². The molecule has 1 aliphatic carbocycles. The Labute approximate surface area is 200 Å². The van der Waals surface area contributed by atoms with Gasteiger partial charge in [0.25, 0.3) is 5.91 Å². The zero-order valence-electron chi connectivity index (χ0n) is 19.2. The van der Waals surface area contributed by atoms with E-state index in [2.05, 4.69) is 84.2 Å². The topological polar surface area (TPSA) is 32.3 Å². The average molecular weight is 445 g/mol. The molecule has 1 saturated heterocycles. The zero-order chi connectivity index (χ0) is 22.6. The van der Waals surface area contributed by atoms with Crippen LogP contribution >= 0.6 is 0 Å². The standard InChI is InChI=1S/C31H28N2O/c34-31(33-17-5-6-18-33)27-16-8-14-25-24-13-7-15-26(24)30(32-29(25)27)28-22-11-3-1-9-20(22)19-21-10-2-4-12-23(21)28/h1-4,7-14,16,19,24,26,30,32H,5-6,15,17-18H2. The second-order valence-corrected chi connectivity index (χ2v) is 9.98. The van der Waals surface area contributed by atoms with E-state index in [1.54, 1.807) is 0 Å². The first-order valence-corrected chi connectivity index (χ1v) is 12.6. The molecule has 4 aromatic carbocycles. The molecule has 3 unspecified atom stereocenters. The van der Waals surface area contributed by atoms with Crippen LogP contribution < -0.4 is 5.32 Å². The minimum atomic E-state index is 0.135. The second-order valence-electron chi connectivity index (χ2n) is 9.98. The SMILES string of the molecule is O=C(c1cccc2c1NC(c1c3ccccc3cc3ccccc13)C1CC=CC21)N1CCCC1. The molecule has 4 aromatic rings. The van der Waals surface area contributed by atoms with Crippen molar-refractivity contribution in [3.05, 3.63) is 102 Å². The quantitative estimate of drug-likeness (QED) is 0.265. The first-order chi connectivity index (χ1) is 16.8. The van der Waals surface area contributed by atoms with Crippen LogP contribution in [-0.2, 0) is 0 Å². The molecule has 0 saturated carbocycles. The number of carbonyl (C=O) groups is 1. The third kappa shape index (κ3) is 2.93. The Kier molecular flexibility index (Phi) is 4.51. The highest BCUT2D eigenvalue weighted by Crippen LogP contribution is 2.52. The van der Waals surface area contributed by atoms with Crippen molar-refractivity contribution in [3.63, 3.8) is 0 Å². The third-order valence-corrected chi connectivity index (χ3v) is 8.14. The smallest absolute Gasteiger partial charge is 0.255 e. The summed E-state index contributed by atoms with van der Waals surface area (Å²) in [5.74, 6) is 0.924. The van der Waals surface area contributed by atoms with Crippen molar-refractivity contribution in [1.29, 1.82) is 0 Å². The van der Waals surface area contributed by atoms with Crippen molar-refractivity contribution in [3.8, 4) is 0 Å². The maximum atomic E-state index is 13.5. The number of amides is 1. The molecule has 3 aliphatic rings. The predicted octanol–water partition coefficient (Wildman–Crippen LogP) is 7.06. The van der Waals surface area contributed by atoms with Crippen LogP contribution in [0.5, 0.6) is 0 Å². The minimum absolute atomic E-state index is 0.135. The van der Waals surface area contributed by atoms with Gasteiger partial charge in [-0.25, -0.2) is 0 Å². The molecule has 0 bridgehead atoms. The van der Waals surface area contributed by atoms with Crippen LogP contribution in [0, 0.1) is 5.92 Å². The number of nitrogens with one attached hydrogen (secondary N) is 1. The highest BCUT2D eigenvalue weighted by Gasteiger charge is 2.40. The van der Waals surface area contributed by atoms with Gasteiger partial charge in [0, 0.05) is 19.0 Å². The van der Waals surface area contributed by atoms with E-state index < -0.39 is 0 Å². The van der Waals surface area contributed by atoms with Gasteiger partial charge in [-0.15, -0.1) is 0 Å². The zero-order valence-corrected chi connectivity index (χ0v) is 19.2. The van der Waals surface area contributed by atoms with Gasteiger partial charge in [-0.2, -0.15) is 0 Å². The molecule has 34 heavy (non-hydrogen) atoms. The molecule has 1 fully saturated rings. The van der Waals surface area contributed by atoms with Gasteiger partial charge >= 0.3 is 0 Å². The average Bonchev–Trinajstić information content (AvgIpc) is 3.59. The molecule has 1 N–H and O–H groups in total. The van der Waals surface area contributed by atoms with Gasteiger partial charge in [0.1, 0.15) is 0 Å². The molecule has 0 aromatic heterocycles. The lowest BCUT2D eigenvalue weighted by atomic mass is 9.74. The summed E-state index contributed by atoms with van der Waals surface area (Å²) in [6.07, 6.45) is 7.96. The molecule has 0 radical (unpaired) electrons. The Morgan fingerprint density at radius 3 is 2.29 bits per heavy atom. The fraction of sp³-hybridized carbons (Fsp3) is 0.258. The van der Waals surface area contributed by atoms with Crippen molar-refractivity contribution in [2.24, 2.45) is 5.92 Å². The normalized spacial score (nSPS) is 23.2. The van der Waals surface area contributed by atoms with Gasteiger partial charge in [-0.3, -0.25) is 4.79 Å². The van der Waals surface area contributed by atoms with E-state index >= 15 is 0 Å². The summed E-state index contributed by atoms with van der Waals surface area (Å²) >= 11 is 0. The molecule has 7 rings (SSSR count). The summed E-state index contributed by atoms with van der Waals surface area (Å²) in [6.45, 7) is 1.73. The summed E-state index contributed by atoms with van der Waals surface area (Å²) in [5, 5.41) is 9.10. The molecule has 3 nitrogen and oxygen atoms in total. The molecule has 2 aliphatic heterocycles. The van der Waals surface area contributed by atoms with E-state index in [-0.39, 0.29) is 11.9 Å². The summed E-state index contributed by atoms with van der Waals surface area (Å²) in [5.41, 5.74) is 4.49. The van der Waals surface area contributed by atoms with E-state index in [0.717, 1.165) is 43.6 Å². The number of fused-ring (bicyclic) bond motifs is 5. The number of rotatable bonds is 2. The molecular weight excluding hydrogens is 416 g/mol. The maximum Gasteiger partial charge on any atom is 0.255 e. The van der Waals surface area contributed by atoms with Crippen molar-refractivity contribution < 1.29 is 4.79 Å². The summed E-state index contributed by atoms with van der Waals surface area (Å²) < 4.78 is 0. The fourth-order valence-corrected chi connectivity index (χ4v) is 6.56. The fourth-order valence-electron chi connectivity index (χ4n) is 6.56. The van der Waals surface area contributed by atoms with Crippen LogP contribution in [0.3, 0.4) is 0 Å². The monoisotopic (exact) mass is 444 g/mol. The lowest BCUT2D eigenvalue weighted by Crippen LogP contribution is -2.33. The number of allylic oxidation sites excluding steroid dienone is 2. The van der Waals surface area contributed by atoms with Gasteiger partial charge in [-0.05, 0) is 70.0 Å². The molecule has 168 valence electrons. The van der Waals surface area contributed by atoms with Crippen molar-refractivity contribution in [2.75, 3.05) is 18.4 Å². The number of nitrogens with zero attached hydrogens (tertiary/aromatic N) is 1. The van der Waals surface area contributed by atoms with E-state index in [1.807, 2.05) is 11.0 Å². The van der Waals surface area contributed by atoms with Gasteiger partial charge < -0.3 is 10.2 Å². The molecule has 2 heterocycles. The Hall–Kier alpha value is -3.59. The number of carbonyl (C=O) groups excluding carboxylic acids is 1. The van der Waals surface area contributed by atoms with Gasteiger partial charge in [0.05, 0.1) is 17.3 Å². The minimum Gasteiger partial charge on any atom is -0.377 e. The first-order valence-electron chi connectivity index (χ1n) is 12.6. The molecule has 3 atom stereocenters. The van der Waals surface area contributed by atoms with Gasteiger partial charge in [-0.1, -0.05) is 72.8 Å². The largest absolute Gasteiger partial charge is 0.377 e. The van der Waals surface area contributed by atoms with Crippen LogP contribution in [0.15, 0.2) is 84.9 Å². The van der Waals surface area contributed by atoms with Gasteiger partial charge in [0.15, 0.2) is 0 Å². The number of likely N-dealkylation sites (tertiary alicyclic amines) is 1. The van der Waals surface area contributed by atoms with E-state index in [0.29, 0.717) is 11.8 Å². The van der Waals surface area contributed by atoms with E-state index in [1.165, 1.54) is 32.7 Å². The van der Waals surface area contributed by atoms with E-state index in [4.69, 9.17) is 0 Å². The van der Waals surface area contributed by atoms with E-state index in [9.17, 15) is 4.79 Å². The molecule has 3 heteroatoms. The number of hydrogen-bond acceptors (Lipinski definition) is 2. The first kappa shape index (κ1) is 19.8. The predicted molar refractivity (Wildman–Crippen MR) is 139 cm³/mol. The Balaban J connectivity index is 1.44. The highest BCUT2D eigenvalue weighted by atomic mass is 16.2. The highest BCUT2D eigenvalue weighted by molar-refractivity contribution is 6.04. The van der Waals surface area contributed by atoms with Crippen molar-refractivity contribution in [2.45, 2.75) is 31.2 Å². The van der Waals surface area contributed by atoms with Crippen LogP contribution in [0.1, 0.15) is 52.7 Å². The number of hydrogen-bond donors (Lipinski definition) is 1. The van der Waals surface area contributed by atoms with Crippen molar-refractivity contribution >= 4 is 33.1 Å². The maximum absolute atomic E-state index is 13.5. The second kappa shape index (κ2) is 7.73. The third-order valence-electron chi connectivity index (χ3n) is 8.14. The lowest BCUT2D eigenvalue weighted by molar-refractivity contribution is 0.0793. The summed E-state index contributed by atoms with van der Waals surface area (Å²) in [6, 6.07) is 26.2. The number of anilines is 1. The molecule has 0 spiro atoms. The van der Waals surface area contributed by atoms with Crippen LogP contribution in [-0.4, -0.2) is 23.9 Å². The Morgan fingerprint density at radius 1 is 0.853 bits per heavy atom. The Bertz CT molecular complexity index is 1410.